The molecule has 0 aromatic heterocycles. The van der Waals surface area contributed by atoms with Crippen LogP contribution in [0.15, 0.2) is 78.4 Å². The van der Waals surface area contributed by atoms with Crippen LogP contribution in [-0.4, -0.2) is 43.2 Å². The molecule has 1 aliphatic carbocycles. The van der Waals surface area contributed by atoms with Crippen molar-refractivity contribution in [3.63, 3.8) is 0 Å². The molecule has 1 heterocycles. The maximum Gasteiger partial charge on any atom is 0.254 e. The Labute approximate surface area is 172 Å². The molecule has 1 aliphatic heterocycles. The van der Waals surface area contributed by atoms with Crippen molar-refractivity contribution in [1.82, 2.24) is 4.90 Å². The average molecular weight is 389 g/mol. The molecule has 2 aromatic rings. The first-order chi connectivity index (χ1) is 14.3. The second kappa shape index (κ2) is 9.57. The van der Waals surface area contributed by atoms with Crippen LogP contribution in [0.4, 0.5) is 0 Å². The van der Waals surface area contributed by atoms with Gasteiger partial charge in [-0.15, -0.1) is 0 Å². The Morgan fingerprint density at radius 3 is 2.52 bits per heavy atom. The molecule has 29 heavy (non-hydrogen) atoms. The average Bonchev–Trinajstić information content (AvgIpc) is 2.80. The number of para-hydroxylation sites is 1. The molecule has 4 rings (SSSR count). The molecule has 1 fully saturated rings. The maximum absolute atomic E-state index is 13.5. The molecule has 1 saturated heterocycles. The zero-order valence-electron chi connectivity index (χ0n) is 16.6. The monoisotopic (exact) mass is 389 g/mol. The van der Waals surface area contributed by atoms with E-state index in [1.807, 2.05) is 53.4 Å². The summed E-state index contributed by atoms with van der Waals surface area (Å²) in [7, 11) is 0. The SMILES string of the molecule is O=C(C1=CCCC=C1c1ccccc1)N1CCOCC1CCOc1ccccc1. The van der Waals surface area contributed by atoms with E-state index < -0.39 is 0 Å². The van der Waals surface area contributed by atoms with Gasteiger partial charge in [0.15, 0.2) is 0 Å². The van der Waals surface area contributed by atoms with Crippen molar-refractivity contribution in [1.29, 1.82) is 0 Å². The lowest BCUT2D eigenvalue weighted by molar-refractivity contribution is -0.135. The number of carbonyl (C=O) groups is 1. The number of allylic oxidation sites excluding steroid dienone is 2. The second-order valence-electron chi connectivity index (χ2n) is 7.36. The van der Waals surface area contributed by atoms with Gasteiger partial charge in [-0.2, -0.15) is 0 Å². The van der Waals surface area contributed by atoms with E-state index in [0.717, 1.165) is 41.7 Å². The minimum atomic E-state index is 0.0276. The Balaban J connectivity index is 1.45. The van der Waals surface area contributed by atoms with Gasteiger partial charge in [-0.05, 0) is 36.1 Å². The van der Waals surface area contributed by atoms with Crippen LogP contribution in [0.2, 0.25) is 0 Å². The summed E-state index contributed by atoms with van der Waals surface area (Å²) >= 11 is 0. The maximum atomic E-state index is 13.5. The number of morpholine rings is 1. The fourth-order valence-corrected chi connectivity index (χ4v) is 3.91. The van der Waals surface area contributed by atoms with Crippen molar-refractivity contribution in [2.24, 2.45) is 0 Å². The summed E-state index contributed by atoms with van der Waals surface area (Å²) in [6, 6.07) is 20.0. The predicted molar refractivity (Wildman–Crippen MR) is 115 cm³/mol. The Morgan fingerprint density at radius 1 is 1.00 bits per heavy atom. The number of amides is 1. The second-order valence-corrected chi connectivity index (χ2v) is 7.36. The first-order valence-corrected chi connectivity index (χ1v) is 10.4. The van der Waals surface area contributed by atoms with Crippen LogP contribution >= 0.6 is 0 Å². The van der Waals surface area contributed by atoms with Gasteiger partial charge < -0.3 is 14.4 Å². The Bertz CT molecular complexity index is 873. The van der Waals surface area contributed by atoms with Crippen LogP contribution in [0.25, 0.3) is 5.57 Å². The molecule has 1 amide bonds. The number of hydrogen-bond acceptors (Lipinski definition) is 3. The molecule has 1 unspecified atom stereocenters. The van der Waals surface area contributed by atoms with E-state index in [2.05, 4.69) is 24.3 Å². The third-order valence-electron chi connectivity index (χ3n) is 5.42. The summed E-state index contributed by atoms with van der Waals surface area (Å²) in [5, 5.41) is 0. The number of ether oxygens (including phenoxy) is 2. The van der Waals surface area contributed by atoms with Gasteiger partial charge in [0.05, 0.1) is 25.9 Å². The Kier molecular flexibility index (Phi) is 6.42. The highest BCUT2D eigenvalue weighted by molar-refractivity contribution is 6.09. The third kappa shape index (κ3) is 4.77. The number of rotatable bonds is 6. The van der Waals surface area contributed by atoms with Crippen molar-refractivity contribution < 1.29 is 14.3 Å². The molecule has 4 nitrogen and oxygen atoms in total. The molecule has 150 valence electrons. The largest absolute Gasteiger partial charge is 0.494 e. The van der Waals surface area contributed by atoms with Gasteiger partial charge in [0.25, 0.3) is 5.91 Å². The molecule has 0 N–H and O–H groups in total. The third-order valence-corrected chi connectivity index (χ3v) is 5.42. The molecular formula is C25H27NO3. The van der Waals surface area contributed by atoms with Gasteiger partial charge in [-0.25, -0.2) is 0 Å². The fraction of sp³-hybridized carbons (Fsp3) is 0.320. The summed E-state index contributed by atoms with van der Waals surface area (Å²) in [5.41, 5.74) is 2.97. The van der Waals surface area contributed by atoms with Crippen molar-refractivity contribution in [2.75, 3.05) is 26.4 Å². The molecule has 1 atom stereocenters. The minimum absolute atomic E-state index is 0.0276. The Morgan fingerprint density at radius 2 is 1.72 bits per heavy atom. The van der Waals surface area contributed by atoms with Crippen LogP contribution in [-0.2, 0) is 9.53 Å². The van der Waals surface area contributed by atoms with E-state index >= 15 is 0 Å². The van der Waals surface area contributed by atoms with Gasteiger partial charge in [-0.1, -0.05) is 60.7 Å². The van der Waals surface area contributed by atoms with Crippen LogP contribution in [0.3, 0.4) is 0 Å². The summed E-state index contributed by atoms with van der Waals surface area (Å²) in [6.07, 6.45) is 6.91. The molecule has 0 saturated carbocycles. The van der Waals surface area contributed by atoms with Crippen molar-refractivity contribution in [2.45, 2.75) is 25.3 Å². The molecule has 4 heteroatoms. The number of benzene rings is 2. The van der Waals surface area contributed by atoms with Crippen molar-refractivity contribution in [3.05, 3.63) is 84.0 Å². The standard InChI is InChI=1S/C25H27NO3/c27-25(24-14-8-7-13-23(24)20-9-3-1-4-10-20)26-16-18-28-19-21(26)15-17-29-22-11-5-2-6-12-22/h1-6,9-14,21H,7-8,15-19H2. The highest BCUT2D eigenvalue weighted by atomic mass is 16.5. The van der Waals surface area contributed by atoms with Gasteiger partial charge in [-0.3, -0.25) is 4.79 Å². The lowest BCUT2D eigenvalue weighted by Crippen LogP contribution is -2.49. The van der Waals surface area contributed by atoms with E-state index in [1.54, 1.807) is 0 Å². The van der Waals surface area contributed by atoms with E-state index in [4.69, 9.17) is 9.47 Å². The van der Waals surface area contributed by atoms with Crippen LogP contribution < -0.4 is 4.74 Å². The number of hydrogen-bond donors (Lipinski definition) is 0. The van der Waals surface area contributed by atoms with Gasteiger partial charge >= 0.3 is 0 Å². The lowest BCUT2D eigenvalue weighted by atomic mass is 9.90. The molecule has 0 bridgehead atoms. The van der Waals surface area contributed by atoms with E-state index in [-0.39, 0.29) is 11.9 Å². The molecule has 2 aromatic carbocycles. The fourth-order valence-electron chi connectivity index (χ4n) is 3.91. The van der Waals surface area contributed by atoms with E-state index in [9.17, 15) is 4.79 Å². The van der Waals surface area contributed by atoms with Gasteiger partial charge in [0, 0.05) is 18.5 Å². The highest BCUT2D eigenvalue weighted by Crippen LogP contribution is 2.30. The Hall–Kier alpha value is -2.85. The normalized spacial score (nSPS) is 19.3. The summed E-state index contributed by atoms with van der Waals surface area (Å²) in [6.45, 7) is 2.32. The quantitative estimate of drug-likeness (QED) is 0.731. The van der Waals surface area contributed by atoms with E-state index in [0.29, 0.717) is 26.4 Å². The van der Waals surface area contributed by atoms with Crippen molar-refractivity contribution in [3.8, 4) is 5.75 Å². The number of nitrogens with zero attached hydrogens (tertiary/aromatic N) is 1. The zero-order chi connectivity index (χ0) is 19.9. The highest BCUT2D eigenvalue weighted by Gasteiger charge is 2.31. The smallest absolute Gasteiger partial charge is 0.254 e. The summed E-state index contributed by atoms with van der Waals surface area (Å²) in [5.74, 6) is 0.958. The van der Waals surface area contributed by atoms with Crippen molar-refractivity contribution >= 4 is 11.5 Å². The summed E-state index contributed by atoms with van der Waals surface area (Å²) in [4.78, 5) is 15.5. The molecule has 0 spiro atoms. The van der Waals surface area contributed by atoms with Crippen LogP contribution in [0.5, 0.6) is 5.75 Å². The first kappa shape index (κ1) is 19.5. The lowest BCUT2D eigenvalue weighted by Gasteiger charge is -2.37. The summed E-state index contributed by atoms with van der Waals surface area (Å²) < 4.78 is 11.5. The first-order valence-electron chi connectivity index (χ1n) is 10.4. The van der Waals surface area contributed by atoms with Gasteiger partial charge in [0.2, 0.25) is 0 Å². The zero-order valence-corrected chi connectivity index (χ0v) is 16.6. The van der Waals surface area contributed by atoms with Crippen LogP contribution in [0.1, 0.15) is 24.8 Å². The van der Waals surface area contributed by atoms with Gasteiger partial charge in [0.1, 0.15) is 5.75 Å². The molecular weight excluding hydrogens is 362 g/mol. The molecule has 0 radical (unpaired) electrons. The topological polar surface area (TPSA) is 38.8 Å². The number of carbonyl (C=O) groups excluding carboxylic acids is 1. The minimum Gasteiger partial charge on any atom is -0.494 e. The van der Waals surface area contributed by atoms with Crippen LogP contribution in [0, 0.1) is 0 Å². The molecule has 2 aliphatic rings. The predicted octanol–water partition coefficient (Wildman–Crippen LogP) is 4.49. The van der Waals surface area contributed by atoms with E-state index in [1.165, 1.54) is 0 Å².